The smallest absolute Gasteiger partial charge is 0.350 e. The van der Waals surface area contributed by atoms with E-state index in [9.17, 15) is 14.4 Å². The maximum Gasteiger partial charge on any atom is 0.350 e. The Balaban J connectivity index is 3.59. The predicted molar refractivity (Wildman–Crippen MR) is 102 cm³/mol. The monoisotopic (exact) mass is 388 g/mol. The van der Waals surface area contributed by atoms with Crippen molar-refractivity contribution in [2.24, 2.45) is 0 Å². The topological polar surface area (TPSA) is 115 Å². The van der Waals surface area contributed by atoms with Crippen LogP contribution in [0.1, 0.15) is 54.0 Å². The number of hydrogen-bond acceptors (Lipinski definition) is 8. The number of rotatable bonds is 6. The fraction of sp³-hybridized carbons (Fsp3) is 0.400. The summed E-state index contributed by atoms with van der Waals surface area (Å²) in [4.78, 5) is 36.1. The normalized spacial score (nSPS) is 11.2. The lowest BCUT2D eigenvalue weighted by Crippen LogP contribution is -2.19. The van der Waals surface area contributed by atoms with Crippen molar-refractivity contribution in [1.29, 1.82) is 5.26 Å². The van der Waals surface area contributed by atoms with Crippen LogP contribution in [-0.4, -0.2) is 38.7 Å². The minimum atomic E-state index is -0.769. The van der Waals surface area contributed by atoms with Gasteiger partial charge in [0.25, 0.3) is 0 Å². The predicted octanol–water partition coefficient (Wildman–Crippen LogP) is 2.94. The van der Waals surface area contributed by atoms with Crippen LogP contribution in [0, 0.1) is 11.3 Å². The Morgan fingerprint density at radius 3 is 2.07 bits per heavy atom. The highest BCUT2D eigenvalue weighted by molar-refractivity contribution is 6.04. The molecular weight excluding hydrogens is 364 g/mol. The third-order valence-corrected chi connectivity index (χ3v) is 3.76. The van der Waals surface area contributed by atoms with Crippen molar-refractivity contribution in [3.05, 3.63) is 40.6 Å². The van der Waals surface area contributed by atoms with Crippen molar-refractivity contribution >= 4 is 23.6 Å². The number of carbonyl (C=O) groups is 3. The lowest BCUT2D eigenvalue weighted by atomic mass is 9.83. The van der Waals surface area contributed by atoms with E-state index in [0.717, 1.165) is 0 Å². The molecule has 0 saturated carbocycles. The molecule has 0 amide bonds. The fourth-order valence-electron chi connectivity index (χ4n) is 2.39. The summed E-state index contributed by atoms with van der Waals surface area (Å²) < 4.78 is 14.3. The first kappa shape index (κ1) is 22.7. The van der Waals surface area contributed by atoms with Crippen molar-refractivity contribution in [3.63, 3.8) is 0 Å². The Kier molecular flexibility index (Phi) is 7.75. The molecule has 0 bridgehead atoms. The van der Waals surface area contributed by atoms with Gasteiger partial charge in [0.1, 0.15) is 6.07 Å². The van der Waals surface area contributed by atoms with Crippen LogP contribution in [0.3, 0.4) is 0 Å². The Labute approximate surface area is 164 Å². The average Bonchev–Trinajstić information content (AvgIpc) is 2.66. The largest absolute Gasteiger partial charge is 0.465 e. The third-order valence-electron chi connectivity index (χ3n) is 3.76. The minimum absolute atomic E-state index is 0.00658. The van der Waals surface area contributed by atoms with E-state index in [0.29, 0.717) is 11.3 Å². The van der Waals surface area contributed by atoms with Gasteiger partial charge in [0.05, 0.1) is 32.0 Å². The van der Waals surface area contributed by atoms with E-state index in [4.69, 9.17) is 19.5 Å². The average molecular weight is 388 g/mol. The van der Waals surface area contributed by atoms with Gasteiger partial charge in [-0.1, -0.05) is 20.8 Å². The highest BCUT2D eigenvalue weighted by atomic mass is 16.5. The van der Waals surface area contributed by atoms with Gasteiger partial charge in [0, 0.05) is 11.9 Å². The number of nitrogens with zero attached hydrogens (tertiary/aromatic N) is 1. The molecule has 1 N–H and O–H groups in total. The number of carbonyl (C=O) groups excluding carboxylic acids is 3. The van der Waals surface area contributed by atoms with Crippen LogP contribution in [-0.2, 0) is 24.4 Å². The second-order valence-electron chi connectivity index (χ2n) is 6.71. The van der Waals surface area contributed by atoms with Gasteiger partial charge < -0.3 is 19.5 Å². The van der Waals surface area contributed by atoms with E-state index >= 15 is 0 Å². The van der Waals surface area contributed by atoms with Crippen molar-refractivity contribution in [1.82, 2.24) is 0 Å². The standard InChI is InChI=1S/C20H24N2O6/c1-7-28-17(23)12(10-21)11-22-16-9-14(19(25)27-6)13(18(24)26-5)8-15(16)20(2,3)4/h8-9,11,22H,7H2,1-6H3. The van der Waals surface area contributed by atoms with Gasteiger partial charge in [0.2, 0.25) is 0 Å². The van der Waals surface area contributed by atoms with E-state index in [2.05, 4.69) is 5.32 Å². The van der Waals surface area contributed by atoms with Crippen molar-refractivity contribution in [2.75, 3.05) is 26.1 Å². The molecule has 0 unspecified atom stereocenters. The summed E-state index contributed by atoms with van der Waals surface area (Å²) >= 11 is 0. The molecule has 0 atom stereocenters. The maximum atomic E-state index is 12.2. The molecule has 1 aromatic carbocycles. The van der Waals surface area contributed by atoms with E-state index in [1.807, 2.05) is 20.8 Å². The van der Waals surface area contributed by atoms with Crippen LogP contribution < -0.4 is 5.32 Å². The first-order chi connectivity index (χ1) is 13.1. The summed E-state index contributed by atoms with van der Waals surface area (Å²) in [6.45, 7) is 7.49. The number of nitrogens with one attached hydrogen (secondary N) is 1. The number of hydrogen-bond donors (Lipinski definition) is 1. The van der Waals surface area contributed by atoms with Gasteiger partial charge in [-0.05, 0) is 30.0 Å². The SMILES string of the molecule is CCOC(=O)C(C#N)=CNc1cc(C(=O)OC)c(C(=O)OC)cc1C(C)(C)C. The van der Waals surface area contributed by atoms with Crippen LogP contribution >= 0.6 is 0 Å². The van der Waals surface area contributed by atoms with Gasteiger partial charge in [-0.3, -0.25) is 0 Å². The molecule has 0 fully saturated rings. The molecule has 0 saturated heterocycles. The molecule has 0 radical (unpaired) electrons. The summed E-state index contributed by atoms with van der Waals surface area (Å²) in [6, 6.07) is 4.72. The van der Waals surface area contributed by atoms with Crippen LogP contribution in [0.4, 0.5) is 5.69 Å². The van der Waals surface area contributed by atoms with Crippen LogP contribution in [0.25, 0.3) is 0 Å². The Morgan fingerprint density at radius 2 is 1.64 bits per heavy atom. The number of nitriles is 1. The van der Waals surface area contributed by atoms with Crippen LogP contribution in [0.2, 0.25) is 0 Å². The summed E-state index contributed by atoms with van der Waals surface area (Å²) in [5.74, 6) is -2.18. The number of methoxy groups -OCH3 is 2. The minimum Gasteiger partial charge on any atom is -0.465 e. The third kappa shape index (κ3) is 5.33. The number of esters is 3. The zero-order chi connectivity index (χ0) is 21.5. The summed E-state index contributed by atoms with van der Waals surface area (Å²) in [7, 11) is 2.41. The fourth-order valence-corrected chi connectivity index (χ4v) is 2.39. The van der Waals surface area contributed by atoms with E-state index in [-0.39, 0.29) is 23.3 Å². The highest BCUT2D eigenvalue weighted by Gasteiger charge is 2.26. The molecule has 28 heavy (non-hydrogen) atoms. The maximum absolute atomic E-state index is 12.2. The second kappa shape index (κ2) is 9.55. The molecule has 0 aliphatic heterocycles. The molecular formula is C20H24N2O6. The quantitative estimate of drug-likeness (QED) is 0.342. The number of anilines is 1. The van der Waals surface area contributed by atoms with E-state index in [1.165, 1.54) is 32.6 Å². The zero-order valence-electron chi connectivity index (χ0n) is 16.8. The molecule has 0 aromatic heterocycles. The van der Waals surface area contributed by atoms with Gasteiger partial charge in [-0.25, -0.2) is 14.4 Å². The first-order valence-electron chi connectivity index (χ1n) is 8.49. The highest BCUT2D eigenvalue weighted by Crippen LogP contribution is 2.33. The first-order valence-corrected chi connectivity index (χ1v) is 8.49. The van der Waals surface area contributed by atoms with Gasteiger partial charge in [0.15, 0.2) is 5.57 Å². The van der Waals surface area contributed by atoms with E-state index in [1.54, 1.807) is 13.0 Å². The lowest BCUT2D eigenvalue weighted by Gasteiger charge is -2.24. The van der Waals surface area contributed by atoms with Crippen LogP contribution in [0.5, 0.6) is 0 Å². The molecule has 1 rings (SSSR count). The molecule has 8 nitrogen and oxygen atoms in total. The molecule has 0 heterocycles. The molecule has 0 spiro atoms. The summed E-state index contributed by atoms with van der Waals surface area (Å²) in [5.41, 5.74) is 0.464. The molecule has 0 aliphatic rings. The zero-order valence-corrected chi connectivity index (χ0v) is 16.8. The Bertz CT molecular complexity index is 843. The molecule has 1 aromatic rings. The molecule has 0 aliphatic carbocycles. The van der Waals surface area contributed by atoms with Gasteiger partial charge in [-0.15, -0.1) is 0 Å². The van der Waals surface area contributed by atoms with E-state index < -0.39 is 23.3 Å². The molecule has 150 valence electrons. The Morgan fingerprint density at radius 1 is 1.11 bits per heavy atom. The van der Waals surface area contributed by atoms with Gasteiger partial charge in [-0.2, -0.15) is 5.26 Å². The summed E-state index contributed by atoms with van der Waals surface area (Å²) in [6.07, 6.45) is 1.20. The van der Waals surface area contributed by atoms with Crippen molar-refractivity contribution < 1.29 is 28.6 Å². The van der Waals surface area contributed by atoms with Crippen molar-refractivity contribution in [2.45, 2.75) is 33.1 Å². The second-order valence-corrected chi connectivity index (χ2v) is 6.71. The molecule has 8 heteroatoms. The summed E-state index contributed by atoms with van der Waals surface area (Å²) in [5, 5.41) is 12.0. The lowest BCUT2D eigenvalue weighted by molar-refractivity contribution is -0.138. The number of benzene rings is 1. The van der Waals surface area contributed by atoms with Crippen LogP contribution in [0.15, 0.2) is 23.9 Å². The Hall–Kier alpha value is -3.34. The number of ether oxygens (including phenoxy) is 3. The van der Waals surface area contributed by atoms with Crippen molar-refractivity contribution in [3.8, 4) is 6.07 Å². The van der Waals surface area contributed by atoms with Gasteiger partial charge >= 0.3 is 17.9 Å².